The van der Waals surface area contributed by atoms with Crippen LogP contribution in [0.2, 0.25) is 0 Å². The van der Waals surface area contributed by atoms with Gasteiger partial charge in [0.05, 0.1) is 11.3 Å². The summed E-state index contributed by atoms with van der Waals surface area (Å²) in [4.78, 5) is 18.4. The molecule has 2 aromatic rings. The lowest BCUT2D eigenvalue weighted by Crippen LogP contribution is -2.35. The van der Waals surface area contributed by atoms with Gasteiger partial charge in [-0.15, -0.1) is 0 Å². The van der Waals surface area contributed by atoms with E-state index in [9.17, 15) is 9.18 Å². The first-order valence-corrected chi connectivity index (χ1v) is 5.96. The third-order valence-corrected chi connectivity index (χ3v) is 3.18. The topological polar surface area (TPSA) is 78.0 Å². The Bertz CT molecular complexity index is 639. The highest BCUT2D eigenvalue weighted by molar-refractivity contribution is 5.76. The molecule has 2 heterocycles. The van der Waals surface area contributed by atoms with Crippen molar-refractivity contribution in [3.05, 3.63) is 41.5 Å². The molecule has 3 N–H and O–H groups in total. The van der Waals surface area contributed by atoms with E-state index >= 15 is 0 Å². The second-order valence-corrected chi connectivity index (χ2v) is 4.40. The third-order valence-electron chi connectivity index (χ3n) is 3.18. The highest BCUT2D eigenvalue weighted by atomic mass is 19.1. The number of hydrogen-bond donors (Lipinski definition) is 3. The molecule has 19 heavy (non-hydrogen) atoms. The second kappa shape index (κ2) is 4.47. The fourth-order valence-electron chi connectivity index (χ4n) is 2.28. The van der Waals surface area contributed by atoms with Crippen molar-refractivity contribution in [2.24, 2.45) is 0 Å². The third kappa shape index (κ3) is 2.00. The second-order valence-electron chi connectivity index (χ2n) is 4.40. The summed E-state index contributed by atoms with van der Waals surface area (Å²) in [6.45, 7) is 0.558. The van der Waals surface area contributed by atoms with Crippen molar-refractivity contribution in [3.63, 3.8) is 0 Å². The lowest BCUT2D eigenvalue weighted by Gasteiger charge is -2.18. The quantitative estimate of drug-likeness (QED) is 0.765. The van der Waals surface area contributed by atoms with Gasteiger partial charge in [-0.05, 0) is 12.1 Å². The van der Waals surface area contributed by atoms with Gasteiger partial charge in [0, 0.05) is 18.7 Å². The van der Waals surface area contributed by atoms with E-state index in [1.807, 2.05) is 0 Å². The van der Waals surface area contributed by atoms with Gasteiger partial charge in [0.2, 0.25) is 0 Å². The fraction of sp³-hybridized carbons (Fsp3) is 0.231. The van der Waals surface area contributed by atoms with Gasteiger partial charge in [-0.2, -0.15) is 0 Å². The van der Waals surface area contributed by atoms with Crippen molar-refractivity contribution >= 4 is 5.97 Å². The van der Waals surface area contributed by atoms with Crippen LogP contribution in [-0.2, 0) is 11.2 Å². The van der Waals surface area contributed by atoms with Crippen molar-refractivity contribution in [3.8, 4) is 11.4 Å². The van der Waals surface area contributed by atoms with Gasteiger partial charge in [-0.25, -0.2) is 9.37 Å². The number of carboxylic acids is 1. The maximum atomic E-state index is 13.7. The van der Waals surface area contributed by atoms with Crippen LogP contribution in [0.4, 0.5) is 4.39 Å². The molecule has 1 aromatic heterocycles. The molecule has 0 aliphatic carbocycles. The van der Waals surface area contributed by atoms with E-state index in [1.54, 1.807) is 18.2 Å². The number of aromatic amines is 1. The first kappa shape index (κ1) is 11.9. The molecule has 0 spiro atoms. The van der Waals surface area contributed by atoms with Crippen LogP contribution in [0.1, 0.15) is 17.4 Å². The minimum absolute atomic E-state index is 0.348. The summed E-state index contributed by atoms with van der Waals surface area (Å²) in [6, 6.07) is 5.45. The Labute approximate surface area is 108 Å². The number of nitrogens with one attached hydrogen (secondary N) is 2. The van der Waals surface area contributed by atoms with Crippen LogP contribution in [0, 0.1) is 5.82 Å². The number of aromatic nitrogens is 2. The molecular formula is C13H12FN3O2. The Kier molecular flexibility index (Phi) is 2.79. The van der Waals surface area contributed by atoms with E-state index in [-0.39, 0.29) is 5.82 Å². The summed E-state index contributed by atoms with van der Waals surface area (Å²) in [5.74, 6) is -0.987. The lowest BCUT2D eigenvalue weighted by molar-refractivity contribution is -0.139. The number of hydrogen-bond acceptors (Lipinski definition) is 3. The van der Waals surface area contributed by atoms with Crippen molar-refractivity contribution < 1.29 is 14.3 Å². The van der Waals surface area contributed by atoms with E-state index in [1.165, 1.54) is 6.07 Å². The number of rotatable bonds is 2. The number of H-pyrrole nitrogens is 1. The minimum atomic E-state index is -0.979. The Balaban J connectivity index is 2.07. The van der Waals surface area contributed by atoms with Gasteiger partial charge >= 0.3 is 5.97 Å². The number of carboxylic acid groups (broad SMARTS) is 1. The van der Waals surface area contributed by atoms with Crippen LogP contribution >= 0.6 is 0 Å². The molecule has 0 bridgehead atoms. The molecule has 6 heteroatoms. The first-order valence-electron chi connectivity index (χ1n) is 5.96. The summed E-state index contributed by atoms with van der Waals surface area (Å²) in [5, 5.41) is 12.0. The Morgan fingerprint density at radius 2 is 2.21 bits per heavy atom. The van der Waals surface area contributed by atoms with E-state index in [0.717, 1.165) is 5.69 Å². The monoisotopic (exact) mass is 261 g/mol. The van der Waals surface area contributed by atoms with Crippen LogP contribution in [0.3, 0.4) is 0 Å². The number of halogens is 1. The summed E-state index contributed by atoms with van der Waals surface area (Å²) in [6.07, 6.45) is 0.653. The van der Waals surface area contributed by atoms with Crippen molar-refractivity contribution in [2.45, 2.75) is 12.5 Å². The Morgan fingerprint density at radius 3 is 2.95 bits per heavy atom. The molecule has 1 aliphatic rings. The normalized spacial score (nSPS) is 18.1. The van der Waals surface area contributed by atoms with E-state index in [4.69, 9.17) is 5.11 Å². The molecule has 0 fully saturated rings. The maximum Gasteiger partial charge on any atom is 0.327 e. The highest BCUT2D eigenvalue weighted by Crippen LogP contribution is 2.26. The average molecular weight is 261 g/mol. The molecule has 0 unspecified atom stereocenters. The van der Waals surface area contributed by atoms with Crippen LogP contribution < -0.4 is 5.32 Å². The molecule has 0 amide bonds. The van der Waals surface area contributed by atoms with Gasteiger partial charge in [0.1, 0.15) is 11.6 Å². The zero-order valence-electron chi connectivity index (χ0n) is 9.98. The molecule has 0 saturated heterocycles. The SMILES string of the molecule is O=C(O)[C@@H]1NCCc2[nH]c(-c3ccccc3F)nc21. The molecular weight excluding hydrogens is 249 g/mol. The Hall–Kier alpha value is -2.21. The lowest BCUT2D eigenvalue weighted by atomic mass is 10.1. The average Bonchev–Trinajstić information content (AvgIpc) is 2.82. The number of carbonyl (C=O) groups is 1. The first-order chi connectivity index (χ1) is 9.16. The van der Waals surface area contributed by atoms with Crippen molar-refractivity contribution in [1.82, 2.24) is 15.3 Å². The van der Waals surface area contributed by atoms with E-state index in [0.29, 0.717) is 30.0 Å². The van der Waals surface area contributed by atoms with Crippen LogP contribution in [0.5, 0.6) is 0 Å². The van der Waals surface area contributed by atoms with Gasteiger partial charge in [-0.1, -0.05) is 12.1 Å². The predicted octanol–water partition coefficient (Wildman–Crippen LogP) is 1.49. The van der Waals surface area contributed by atoms with Crippen LogP contribution in [0.25, 0.3) is 11.4 Å². The molecule has 1 aromatic carbocycles. The number of nitrogens with zero attached hydrogens (tertiary/aromatic N) is 1. The van der Waals surface area contributed by atoms with Gasteiger partial charge in [-0.3, -0.25) is 10.1 Å². The number of fused-ring (bicyclic) bond motifs is 1. The van der Waals surface area contributed by atoms with Crippen molar-refractivity contribution in [1.29, 1.82) is 0 Å². The van der Waals surface area contributed by atoms with Gasteiger partial charge in [0.25, 0.3) is 0 Å². The van der Waals surface area contributed by atoms with Gasteiger partial charge in [0.15, 0.2) is 6.04 Å². The van der Waals surface area contributed by atoms with Crippen molar-refractivity contribution in [2.75, 3.05) is 6.54 Å². The minimum Gasteiger partial charge on any atom is -0.480 e. The summed E-state index contributed by atoms with van der Waals surface area (Å²) in [5.41, 5.74) is 1.54. The number of benzene rings is 1. The molecule has 1 atom stereocenters. The molecule has 1 aliphatic heterocycles. The largest absolute Gasteiger partial charge is 0.480 e. The fourth-order valence-corrected chi connectivity index (χ4v) is 2.28. The predicted molar refractivity (Wildman–Crippen MR) is 66.1 cm³/mol. The molecule has 0 radical (unpaired) electrons. The Morgan fingerprint density at radius 1 is 1.42 bits per heavy atom. The van der Waals surface area contributed by atoms with E-state index in [2.05, 4.69) is 15.3 Å². The van der Waals surface area contributed by atoms with Gasteiger partial charge < -0.3 is 10.1 Å². The molecule has 5 nitrogen and oxygen atoms in total. The smallest absolute Gasteiger partial charge is 0.327 e. The summed E-state index contributed by atoms with van der Waals surface area (Å²) >= 11 is 0. The number of imidazole rings is 1. The summed E-state index contributed by atoms with van der Waals surface area (Å²) in [7, 11) is 0. The molecule has 3 rings (SSSR count). The van der Waals surface area contributed by atoms with Crippen LogP contribution in [-0.4, -0.2) is 27.6 Å². The maximum absolute atomic E-state index is 13.7. The summed E-state index contributed by atoms with van der Waals surface area (Å²) < 4.78 is 13.7. The zero-order chi connectivity index (χ0) is 13.4. The highest BCUT2D eigenvalue weighted by Gasteiger charge is 2.29. The zero-order valence-corrected chi connectivity index (χ0v) is 9.98. The van der Waals surface area contributed by atoms with Crippen LogP contribution in [0.15, 0.2) is 24.3 Å². The number of aliphatic carboxylic acids is 1. The molecule has 0 saturated carbocycles. The molecule has 98 valence electrons. The standard InChI is InChI=1S/C13H12FN3O2/c14-8-4-2-1-3-7(8)12-16-9-5-6-15-11(13(18)19)10(9)17-12/h1-4,11,15H,5-6H2,(H,16,17)(H,18,19)/t11-/m1/s1. The van der Waals surface area contributed by atoms with E-state index < -0.39 is 12.0 Å².